The maximum absolute atomic E-state index is 10.9. The van der Waals surface area contributed by atoms with E-state index in [2.05, 4.69) is 10.6 Å². The van der Waals surface area contributed by atoms with E-state index in [1.807, 2.05) is 6.92 Å². The van der Waals surface area contributed by atoms with E-state index in [4.69, 9.17) is 0 Å². The quantitative estimate of drug-likeness (QED) is 0.599. The fourth-order valence-electron chi connectivity index (χ4n) is 1.31. The molecule has 12 heavy (non-hydrogen) atoms. The molecule has 0 radical (unpaired) electrons. The van der Waals surface area contributed by atoms with Crippen LogP contribution in [0, 0.1) is 0 Å². The van der Waals surface area contributed by atoms with Crippen LogP contribution in [0.15, 0.2) is 0 Å². The Morgan fingerprint density at radius 1 is 1.58 bits per heavy atom. The molecule has 5 heteroatoms. The number of nitrogens with one attached hydrogen (secondary N) is 2. The zero-order chi connectivity index (χ0) is 9.19. The molecule has 0 aromatic carbocycles. The normalized spacial score (nSPS) is 21.8. The Hall–Kier alpha value is -0.130. The van der Waals surface area contributed by atoms with Crippen LogP contribution in [0.3, 0.4) is 0 Å². The standard InChI is InChI=1S/C7H16N2O2S/c1-6(5-12(2,10)11)9-7-3-8-4-7/h6-9H,3-5H2,1-2H3. The molecule has 72 valence electrons. The first-order valence-corrected chi connectivity index (χ1v) is 6.18. The molecule has 4 nitrogen and oxygen atoms in total. The van der Waals surface area contributed by atoms with E-state index in [9.17, 15) is 8.42 Å². The van der Waals surface area contributed by atoms with E-state index in [1.54, 1.807) is 0 Å². The highest BCUT2D eigenvalue weighted by Crippen LogP contribution is 1.96. The first kappa shape index (κ1) is 9.95. The predicted octanol–water partition coefficient (Wildman–Crippen LogP) is -1.02. The lowest BCUT2D eigenvalue weighted by Gasteiger charge is -2.30. The highest BCUT2D eigenvalue weighted by molar-refractivity contribution is 7.90. The molecule has 1 heterocycles. The van der Waals surface area contributed by atoms with Crippen molar-refractivity contribution < 1.29 is 8.42 Å². The molecule has 0 spiro atoms. The molecule has 2 N–H and O–H groups in total. The largest absolute Gasteiger partial charge is 0.314 e. The Morgan fingerprint density at radius 2 is 2.17 bits per heavy atom. The van der Waals surface area contributed by atoms with Gasteiger partial charge >= 0.3 is 0 Å². The van der Waals surface area contributed by atoms with Gasteiger partial charge in [-0.05, 0) is 6.92 Å². The molecule has 1 saturated heterocycles. The minimum absolute atomic E-state index is 0.0621. The topological polar surface area (TPSA) is 58.2 Å². The molecule has 1 fully saturated rings. The second kappa shape index (κ2) is 3.72. The highest BCUT2D eigenvalue weighted by atomic mass is 32.2. The summed E-state index contributed by atoms with van der Waals surface area (Å²) >= 11 is 0. The van der Waals surface area contributed by atoms with Gasteiger partial charge in [-0.3, -0.25) is 0 Å². The average molecular weight is 192 g/mol. The summed E-state index contributed by atoms with van der Waals surface area (Å²) in [5.41, 5.74) is 0. The van der Waals surface area contributed by atoms with E-state index in [0.717, 1.165) is 13.1 Å². The van der Waals surface area contributed by atoms with Gasteiger partial charge in [-0.25, -0.2) is 8.42 Å². The zero-order valence-electron chi connectivity index (χ0n) is 7.50. The summed E-state index contributed by atoms with van der Waals surface area (Å²) in [4.78, 5) is 0. The lowest BCUT2D eigenvalue weighted by molar-refractivity contribution is 0.344. The Morgan fingerprint density at radius 3 is 2.50 bits per heavy atom. The summed E-state index contributed by atoms with van der Waals surface area (Å²) in [6.07, 6.45) is 1.27. The third-order valence-corrected chi connectivity index (χ3v) is 2.96. The molecule has 1 atom stereocenters. The van der Waals surface area contributed by atoms with Gasteiger partial charge in [-0.15, -0.1) is 0 Å². The Labute approximate surface area is 73.6 Å². The van der Waals surface area contributed by atoms with Crippen LogP contribution in [-0.2, 0) is 9.84 Å². The summed E-state index contributed by atoms with van der Waals surface area (Å²) in [5, 5.41) is 6.35. The lowest BCUT2D eigenvalue weighted by Crippen LogP contribution is -2.58. The minimum Gasteiger partial charge on any atom is -0.314 e. The van der Waals surface area contributed by atoms with Crippen molar-refractivity contribution in [2.45, 2.75) is 19.0 Å². The van der Waals surface area contributed by atoms with Crippen LogP contribution in [0.4, 0.5) is 0 Å². The molecule has 1 unspecified atom stereocenters. The summed E-state index contributed by atoms with van der Waals surface area (Å²) in [7, 11) is -2.84. The van der Waals surface area contributed by atoms with Crippen molar-refractivity contribution in [2.24, 2.45) is 0 Å². The summed E-state index contributed by atoms with van der Waals surface area (Å²) in [5.74, 6) is 0.226. The third kappa shape index (κ3) is 3.51. The van der Waals surface area contributed by atoms with Gasteiger partial charge in [0.25, 0.3) is 0 Å². The Bertz CT molecular complexity index is 234. The van der Waals surface area contributed by atoms with E-state index in [1.165, 1.54) is 6.26 Å². The van der Waals surface area contributed by atoms with Crippen LogP contribution in [0.1, 0.15) is 6.92 Å². The van der Waals surface area contributed by atoms with Crippen molar-refractivity contribution in [3.05, 3.63) is 0 Å². The number of hydrogen-bond acceptors (Lipinski definition) is 4. The van der Waals surface area contributed by atoms with Gasteiger partial charge in [0.05, 0.1) is 5.75 Å². The fourth-order valence-corrected chi connectivity index (χ4v) is 2.32. The molecule has 0 aromatic heterocycles. The van der Waals surface area contributed by atoms with Crippen molar-refractivity contribution in [2.75, 3.05) is 25.1 Å². The highest BCUT2D eigenvalue weighted by Gasteiger charge is 2.19. The smallest absolute Gasteiger partial charge is 0.148 e. The first-order chi connectivity index (χ1) is 5.47. The van der Waals surface area contributed by atoms with Crippen molar-refractivity contribution >= 4 is 9.84 Å². The van der Waals surface area contributed by atoms with Crippen molar-refractivity contribution in [3.63, 3.8) is 0 Å². The second-order valence-electron chi connectivity index (χ2n) is 3.52. The molecule has 0 aromatic rings. The molecule has 0 saturated carbocycles. The maximum atomic E-state index is 10.9. The zero-order valence-corrected chi connectivity index (χ0v) is 8.32. The molecule has 1 rings (SSSR count). The molecule has 1 aliphatic rings. The fraction of sp³-hybridized carbons (Fsp3) is 1.00. The first-order valence-electron chi connectivity index (χ1n) is 4.12. The summed E-state index contributed by atoms with van der Waals surface area (Å²) in [6, 6.07) is 0.522. The lowest BCUT2D eigenvalue weighted by atomic mass is 10.1. The van der Waals surface area contributed by atoms with Crippen molar-refractivity contribution in [3.8, 4) is 0 Å². The van der Waals surface area contributed by atoms with Crippen LogP contribution in [0.25, 0.3) is 0 Å². The number of hydrogen-bond donors (Lipinski definition) is 2. The molecular formula is C7H16N2O2S. The van der Waals surface area contributed by atoms with Gasteiger partial charge in [-0.1, -0.05) is 0 Å². The van der Waals surface area contributed by atoms with Crippen LogP contribution in [0.5, 0.6) is 0 Å². The number of sulfone groups is 1. The van der Waals surface area contributed by atoms with Crippen molar-refractivity contribution in [1.29, 1.82) is 0 Å². The van der Waals surface area contributed by atoms with Crippen LogP contribution in [0.2, 0.25) is 0 Å². The van der Waals surface area contributed by atoms with Crippen LogP contribution >= 0.6 is 0 Å². The Kier molecular flexibility index (Phi) is 3.09. The molecule has 0 amide bonds. The predicted molar refractivity (Wildman–Crippen MR) is 49.0 cm³/mol. The second-order valence-corrected chi connectivity index (χ2v) is 5.70. The van der Waals surface area contributed by atoms with Gasteiger partial charge in [0.2, 0.25) is 0 Å². The van der Waals surface area contributed by atoms with Gasteiger partial charge in [0.15, 0.2) is 0 Å². The van der Waals surface area contributed by atoms with Crippen LogP contribution in [-0.4, -0.2) is 45.6 Å². The van der Waals surface area contributed by atoms with E-state index in [0.29, 0.717) is 6.04 Å². The van der Waals surface area contributed by atoms with E-state index >= 15 is 0 Å². The SMILES string of the molecule is CC(CS(C)(=O)=O)NC1CNC1. The maximum Gasteiger partial charge on any atom is 0.148 e. The van der Waals surface area contributed by atoms with Gasteiger partial charge < -0.3 is 10.6 Å². The summed E-state index contributed by atoms with van der Waals surface area (Å²) < 4.78 is 21.7. The number of rotatable bonds is 4. The minimum atomic E-state index is -2.84. The third-order valence-electron chi connectivity index (χ3n) is 1.85. The molecule has 0 bridgehead atoms. The van der Waals surface area contributed by atoms with Gasteiger partial charge in [-0.2, -0.15) is 0 Å². The Balaban J connectivity index is 2.23. The average Bonchev–Trinajstić information content (AvgIpc) is 1.74. The van der Waals surface area contributed by atoms with Gasteiger partial charge in [0.1, 0.15) is 9.84 Å². The molecular weight excluding hydrogens is 176 g/mol. The monoisotopic (exact) mass is 192 g/mol. The van der Waals surface area contributed by atoms with E-state index in [-0.39, 0.29) is 11.8 Å². The van der Waals surface area contributed by atoms with Gasteiger partial charge in [0, 0.05) is 31.4 Å². The molecule has 1 aliphatic heterocycles. The van der Waals surface area contributed by atoms with E-state index < -0.39 is 9.84 Å². The van der Waals surface area contributed by atoms with Crippen LogP contribution < -0.4 is 10.6 Å². The summed E-state index contributed by atoms with van der Waals surface area (Å²) in [6.45, 7) is 3.81. The van der Waals surface area contributed by atoms with Crippen molar-refractivity contribution in [1.82, 2.24) is 10.6 Å². The molecule has 0 aliphatic carbocycles.